The number of aryl methyl sites for hydroxylation is 1. The molecule has 32 heavy (non-hydrogen) atoms. The van der Waals surface area contributed by atoms with E-state index in [1.54, 1.807) is 21.3 Å². The van der Waals surface area contributed by atoms with Gasteiger partial charge in [0.2, 0.25) is 11.7 Å². The lowest BCUT2D eigenvalue weighted by Gasteiger charge is -2.15. The number of imidazole rings is 1. The number of nitrogens with zero attached hydrogens (tertiary/aromatic N) is 2. The van der Waals surface area contributed by atoms with Gasteiger partial charge in [0.25, 0.3) is 0 Å². The fourth-order valence-corrected chi connectivity index (χ4v) is 3.72. The second kappa shape index (κ2) is 9.43. The van der Waals surface area contributed by atoms with E-state index in [1.807, 2.05) is 71.3 Å². The van der Waals surface area contributed by atoms with E-state index in [4.69, 9.17) is 19.2 Å². The van der Waals surface area contributed by atoms with Crippen LogP contribution in [0.25, 0.3) is 16.9 Å². The summed E-state index contributed by atoms with van der Waals surface area (Å²) in [4.78, 5) is 17.7. The Morgan fingerprint density at radius 2 is 1.66 bits per heavy atom. The third kappa shape index (κ3) is 4.09. The SMILES string of the molecule is COc1ccc(CCC(=O)Nc2c(-c3ccccc3)nc3ccccn23)c(OC)c1OC. The number of rotatable bonds is 8. The summed E-state index contributed by atoms with van der Waals surface area (Å²) in [6.45, 7) is 0. The summed E-state index contributed by atoms with van der Waals surface area (Å²) in [5.41, 5.74) is 3.30. The van der Waals surface area contributed by atoms with Crippen LogP contribution in [0.2, 0.25) is 0 Å². The highest BCUT2D eigenvalue weighted by atomic mass is 16.5. The van der Waals surface area contributed by atoms with Crippen molar-refractivity contribution in [1.82, 2.24) is 9.38 Å². The van der Waals surface area contributed by atoms with Crippen molar-refractivity contribution in [1.29, 1.82) is 0 Å². The van der Waals surface area contributed by atoms with Gasteiger partial charge < -0.3 is 19.5 Å². The number of methoxy groups -OCH3 is 3. The summed E-state index contributed by atoms with van der Waals surface area (Å²) < 4.78 is 18.2. The Kier molecular flexibility index (Phi) is 6.26. The van der Waals surface area contributed by atoms with Crippen LogP contribution < -0.4 is 19.5 Å². The minimum atomic E-state index is -0.121. The number of amides is 1. The molecule has 2 aromatic heterocycles. The molecule has 2 heterocycles. The maximum absolute atomic E-state index is 12.9. The van der Waals surface area contributed by atoms with Gasteiger partial charge in [-0.1, -0.05) is 42.5 Å². The summed E-state index contributed by atoms with van der Waals surface area (Å²) in [7, 11) is 4.71. The summed E-state index contributed by atoms with van der Waals surface area (Å²) in [5.74, 6) is 2.19. The lowest BCUT2D eigenvalue weighted by Crippen LogP contribution is -2.14. The molecule has 4 rings (SSSR count). The molecular formula is C25H25N3O4. The van der Waals surface area contributed by atoms with Gasteiger partial charge in [-0.25, -0.2) is 4.98 Å². The molecule has 0 spiro atoms. The van der Waals surface area contributed by atoms with Crippen LogP contribution in [0.3, 0.4) is 0 Å². The first-order valence-corrected chi connectivity index (χ1v) is 10.3. The van der Waals surface area contributed by atoms with Crippen molar-refractivity contribution in [2.75, 3.05) is 26.6 Å². The number of hydrogen-bond donors (Lipinski definition) is 1. The maximum atomic E-state index is 12.9. The molecule has 0 saturated carbocycles. The molecule has 0 saturated heterocycles. The van der Waals surface area contributed by atoms with Crippen molar-refractivity contribution in [2.24, 2.45) is 0 Å². The van der Waals surface area contributed by atoms with Crippen LogP contribution in [0.5, 0.6) is 17.2 Å². The Balaban J connectivity index is 1.58. The molecule has 164 valence electrons. The van der Waals surface area contributed by atoms with Gasteiger partial charge in [-0.2, -0.15) is 0 Å². The van der Waals surface area contributed by atoms with Crippen molar-refractivity contribution in [3.63, 3.8) is 0 Å². The normalized spacial score (nSPS) is 10.7. The lowest BCUT2D eigenvalue weighted by atomic mass is 10.1. The van der Waals surface area contributed by atoms with Gasteiger partial charge >= 0.3 is 0 Å². The summed E-state index contributed by atoms with van der Waals surface area (Å²) in [5, 5.41) is 3.06. The van der Waals surface area contributed by atoms with Gasteiger partial charge in [0.05, 0.1) is 21.3 Å². The third-order valence-electron chi connectivity index (χ3n) is 5.24. The van der Waals surface area contributed by atoms with Gasteiger partial charge in [-0.3, -0.25) is 9.20 Å². The van der Waals surface area contributed by atoms with E-state index < -0.39 is 0 Å². The number of carbonyl (C=O) groups excluding carboxylic acids is 1. The quantitative estimate of drug-likeness (QED) is 0.441. The van der Waals surface area contributed by atoms with Crippen molar-refractivity contribution in [3.8, 4) is 28.5 Å². The fraction of sp³-hybridized carbons (Fsp3) is 0.200. The third-order valence-corrected chi connectivity index (χ3v) is 5.24. The molecule has 0 fully saturated rings. The summed E-state index contributed by atoms with van der Waals surface area (Å²) >= 11 is 0. The topological polar surface area (TPSA) is 74.1 Å². The van der Waals surface area contributed by atoms with Crippen molar-refractivity contribution < 1.29 is 19.0 Å². The maximum Gasteiger partial charge on any atom is 0.225 e. The van der Waals surface area contributed by atoms with Gasteiger partial charge in [-0.15, -0.1) is 0 Å². The Morgan fingerprint density at radius 1 is 0.906 bits per heavy atom. The first-order chi connectivity index (χ1) is 15.7. The highest BCUT2D eigenvalue weighted by molar-refractivity contribution is 5.94. The number of aromatic nitrogens is 2. The molecule has 0 aliphatic rings. The molecule has 0 unspecified atom stereocenters. The molecule has 4 aromatic rings. The fourth-order valence-electron chi connectivity index (χ4n) is 3.72. The molecule has 1 amide bonds. The van der Waals surface area contributed by atoms with Crippen molar-refractivity contribution in [3.05, 3.63) is 72.4 Å². The second-order valence-electron chi connectivity index (χ2n) is 7.15. The zero-order valence-electron chi connectivity index (χ0n) is 18.3. The van der Waals surface area contributed by atoms with E-state index in [2.05, 4.69) is 5.32 Å². The van der Waals surface area contributed by atoms with E-state index in [-0.39, 0.29) is 12.3 Å². The molecule has 0 radical (unpaired) electrons. The molecule has 7 nitrogen and oxygen atoms in total. The second-order valence-corrected chi connectivity index (χ2v) is 7.15. The Hall–Kier alpha value is -4.00. The molecule has 0 aliphatic heterocycles. The highest BCUT2D eigenvalue weighted by Gasteiger charge is 2.19. The monoisotopic (exact) mass is 431 g/mol. The molecular weight excluding hydrogens is 406 g/mol. The largest absolute Gasteiger partial charge is 0.493 e. The number of anilines is 1. The van der Waals surface area contributed by atoms with Crippen molar-refractivity contribution >= 4 is 17.4 Å². The predicted octanol–water partition coefficient (Wildman–Crippen LogP) is 4.60. The zero-order valence-corrected chi connectivity index (χ0v) is 18.3. The predicted molar refractivity (Wildman–Crippen MR) is 124 cm³/mol. The Morgan fingerprint density at radius 3 is 2.38 bits per heavy atom. The molecule has 1 N–H and O–H groups in total. The molecule has 2 aromatic carbocycles. The number of fused-ring (bicyclic) bond motifs is 1. The van der Waals surface area contributed by atoms with Crippen LogP contribution in [0.15, 0.2) is 66.9 Å². The first kappa shape index (κ1) is 21.2. The van der Waals surface area contributed by atoms with Crippen molar-refractivity contribution in [2.45, 2.75) is 12.8 Å². The lowest BCUT2D eigenvalue weighted by molar-refractivity contribution is -0.116. The summed E-state index contributed by atoms with van der Waals surface area (Å²) in [6.07, 6.45) is 2.63. The number of pyridine rings is 1. The first-order valence-electron chi connectivity index (χ1n) is 10.3. The van der Waals surface area contributed by atoms with Gasteiger partial charge in [0, 0.05) is 18.2 Å². The standard InChI is InChI=1S/C25H25N3O4/c1-30-19-14-12-18(23(31-2)24(19)32-3)13-15-21(29)27-25-22(17-9-5-4-6-10-17)26-20-11-7-8-16-28(20)25/h4-12,14,16H,13,15H2,1-3H3,(H,27,29). The van der Waals surface area contributed by atoms with Crippen LogP contribution in [0.4, 0.5) is 5.82 Å². The zero-order chi connectivity index (χ0) is 22.5. The van der Waals surface area contributed by atoms with Crippen LogP contribution in [-0.2, 0) is 11.2 Å². The number of benzene rings is 2. The van der Waals surface area contributed by atoms with E-state index in [0.29, 0.717) is 29.5 Å². The van der Waals surface area contributed by atoms with Crippen LogP contribution in [-0.4, -0.2) is 36.6 Å². The number of ether oxygens (including phenoxy) is 3. The van der Waals surface area contributed by atoms with Crippen LogP contribution in [0, 0.1) is 0 Å². The molecule has 0 atom stereocenters. The minimum absolute atomic E-state index is 0.121. The average molecular weight is 431 g/mol. The molecule has 0 aliphatic carbocycles. The van der Waals surface area contributed by atoms with E-state index >= 15 is 0 Å². The average Bonchev–Trinajstić information content (AvgIpc) is 3.20. The Labute approximate surface area is 186 Å². The van der Waals surface area contributed by atoms with E-state index in [1.165, 1.54) is 0 Å². The van der Waals surface area contributed by atoms with Crippen LogP contribution in [0.1, 0.15) is 12.0 Å². The highest BCUT2D eigenvalue weighted by Crippen LogP contribution is 2.40. The van der Waals surface area contributed by atoms with Gasteiger partial charge in [0.1, 0.15) is 17.2 Å². The smallest absolute Gasteiger partial charge is 0.225 e. The van der Waals surface area contributed by atoms with E-state index in [9.17, 15) is 4.79 Å². The van der Waals surface area contributed by atoms with Gasteiger partial charge in [-0.05, 0) is 30.2 Å². The Bertz CT molecular complexity index is 1230. The van der Waals surface area contributed by atoms with Crippen LogP contribution >= 0.6 is 0 Å². The number of hydrogen-bond acceptors (Lipinski definition) is 5. The van der Waals surface area contributed by atoms with E-state index in [0.717, 1.165) is 22.5 Å². The minimum Gasteiger partial charge on any atom is -0.493 e. The molecule has 0 bridgehead atoms. The number of nitrogens with one attached hydrogen (secondary N) is 1. The van der Waals surface area contributed by atoms with Gasteiger partial charge in [0.15, 0.2) is 11.5 Å². The number of carbonyl (C=O) groups is 1. The molecule has 7 heteroatoms. The summed E-state index contributed by atoms with van der Waals surface area (Å²) in [6, 6.07) is 19.3.